The molecule has 19 heavy (non-hydrogen) atoms. The van der Waals surface area contributed by atoms with E-state index in [0.29, 0.717) is 26.4 Å². The summed E-state index contributed by atoms with van der Waals surface area (Å²) in [6.07, 6.45) is 0. The molecule has 0 unspecified atom stereocenters. The molecule has 0 aliphatic rings. The van der Waals surface area contributed by atoms with Crippen LogP contribution in [-0.4, -0.2) is 59.2 Å². The highest BCUT2D eigenvalue weighted by atomic mass is 28.4. The van der Waals surface area contributed by atoms with Crippen molar-refractivity contribution in [2.24, 2.45) is 0 Å². The first-order chi connectivity index (χ1) is 9.16. The van der Waals surface area contributed by atoms with Gasteiger partial charge in [0, 0.05) is 40.1 Å². The van der Waals surface area contributed by atoms with Crippen LogP contribution in [0.3, 0.4) is 0 Å². The first kappa shape index (κ1) is 21.5. The van der Waals surface area contributed by atoms with Crippen LogP contribution in [0.2, 0.25) is 0 Å². The van der Waals surface area contributed by atoms with Crippen molar-refractivity contribution in [3.63, 3.8) is 0 Å². The van der Waals surface area contributed by atoms with Gasteiger partial charge in [-0.1, -0.05) is 0 Å². The van der Waals surface area contributed by atoms with Crippen molar-refractivity contribution in [1.29, 1.82) is 0 Å². The molecule has 0 N–H and O–H groups in total. The molecule has 0 bridgehead atoms. The summed E-state index contributed by atoms with van der Waals surface area (Å²) in [7, 11) is -1.71. The zero-order valence-corrected chi connectivity index (χ0v) is 15.6. The third-order valence-corrected chi connectivity index (χ3v) is 5.07. The van der Waals surface area contributed by atoms with E-state index in [1.165, 1.54) is 0 Å². The quantitative estimate of drug-likeness (QED) is 0.422. The smallest absolute Gasteiger partial charge is 0.402 e. The van der Waals surface area contributed by atoms with E-state index in [-0.39, 0.29) is 0 Å². The van der Waals surface area contributed by atoms with Crippen molar-refractivity contribution < 1.29 is 26.6 Å². The third-order valence-electron chi connectivity index (χ3n) is 1.69. The SMILES string of the molecule is CCO[SiH2]OC.CCO[Si](OCC)(OCC)OCC. The van der Waals surface area contributed by atoms with Gasteiger partial charge in [-0.3, -0.25) is 0 Å². The molecule has 0 saturated heterocycles. The summed E-state index contributed by atoms with van der Waals surface area (Å²) in [6.45, 7) is 12.6. The predicted octanol–water partition coefficient (Wildman–Crippen LogP) is 1.24. The van der Waals surface area contributed by atoms with E-state index in [2.05, 4.69) is 0 Å². The van der Waals surface area contributed by atoms with Crippen LogP contribution in [0.25, 0.3) is 0 Å². The molecule has 0 atom stereocenters. The lowest BCUT2D eigenvalue weighted by molar-refractivity contribution is -0.0247. The van der Waals surface area contributed by atoms with Gasteiger partial charge in [-0.2, -0.15) is 0 Å². The van der Waals surface area contributed by atoms with Crippen molar-refractivity contribution in [2.45, 2.75) is 34.6 Å². The van der Waals surface area contributed by atoms with Crippen LogP contribution in [0.4, 0.5) is 0 Å². The number of rotatable bonds is 11. The molecule has 0 aromatic heterocycles. The number of hydrogen-bond acceptors (Lipinski definition) is 6. The van der Waals surface area contributed by atoms with Crippen molar-refractivity contribution in [1.82, 2.24) is 0 Å². The van der Waals surface area contributed by atoms with Gasteiger partial charge in [0.05, 0.1) is 0 Å². The van der Waals surface area contributed by atoms with Gasteiger partial charge in [0.15, 0.2) is 0 Å². The molecule has 6 nitrogen and oxygen atoms in total. The van der Waals surface area contributed by atoms with Gasteiger partial charge in [-0.15, -0.1) is 0 Å². The van der Waals surface area contributed by atoms with E-state index in [1.807, 2.05) is 34.6 Å². The molecular weight excluding hydrogens is 284 g/mol. The summed E-state index contributed by atoms with van der Waals surface area (Å²) in [5.74, 6) is 0. The Morgan fingerprint density at radius 2 is 1.05 bits per heavy atom. The first-order valence-corrected chi connectivity index (χ1v) is 9.57. The van der Waals surface area contributed by atoms with Crippen LogP contribution in [0.1, 0.15) is 34.6 Å². The number of hydrogen-bond donors (Lipinski definition) is 0. The highest BCUT2D eigenvalue weighted by Crippen LogP contribution is 2.11. The Kier molecular flexibility index (Phi) is 18.4. The lowest BCUT2D eigenvalue weighted by Crippen LogP contribution is -2.49. The molecule has 0 aliphatic heterocycles. The molecule has 0 aromatic carbocycles. The molecule has 118 valence electrons. The maximum atomic E-state index is 5.42. The highest BCUT2D eigenvalue weighted by Gasteiger charge is 2.44. The van der Waals surface area contributed by atoms with Crippen LogP contribution in [0, 0.1) is 0 Å². The Balaban J connectivity index is 0. The predicted molar refractivity (Wildman–Crippen MR) is 79.4 cm³/mol. The Morgan fingerprint density at radius 1 is 0.684 bits per heavy atom. The van der Waals surface area contributed by atoms with E-state index >= 15 is 0 Å². The standard InChI is InChI=1S/C8H20O4Si.C3H10O2Si/c1-5-9-13(10-6-2,11-7-3)12-8-4;1-3-5-6-4-2/h5-8H2,1-4H3;3,6H2,1-2H3. The van der Waals surface area contributed by atoms with Crippen molar-refractivity contribution >= 4 is 19.1 Å². The average Bonchev–Trinajstić information content (AvgIpc) is 2.38. The van der Waals surface area contributed by atoms with Gasteiger partial charge < -0.3 is 26.6 Å². The summed E-state index contributed by atoms with van der Waals surface area (Å²) in [5, 5.41) is 0. The normalized spacial score (nSPS) is 11.7. The first-order valence-electron chi connectivity index (χ1n) is 6.78. The second kappa shape index (κ2) is 16.2. The molecular formula is C11H30O6Si2. The average molecular weight is 315 g/mol. The van der Waals surface area contributed by atoms with Crippen LogP contribution >= 0.6 is 0 Å². The largest absolute Gasteiger partial charge is 0.679 e. The zero-order valence-electron chi connectivity index (χ0n) is 13.2. The van der Waals surface area contributed by atoms with Gasteiger partial charge in [-0.05, 0) is 34.6 Å². The summed E-state index contributed by atoms with van der Waals surface area (Å²) in [4.78, 5) is 0. The van der Waals surface area contributed by atoms with Crippen molar-refractivity contribution in [3.8, 4) is 0 Å². The fourth-order valence-corrected chi connectivity index (χ4v) is 3.37. The molecule has 0 heterocycles. The van der Waals surface area contributed by atoms with E-state index in [4.69, 9.17) is 26.6 Å². The Bertz CT molecular complexity index is 140. The van der Waals surface area contributed by atoms with Gasteiger partial charge in [0.25, 0.3) is 0 Å². The fourth-order valence-electron chi connectivity index (χ4n) is 1.12. The van der Waals surface area contributed by atoms with Crippen LogP contribution in [0.15, 0.2) is 0 Å². The van der Waals surface area contributed by atoms with Crippen LogP contribution in [-0.2, 0) is 26.6 Å². The van der Waals surface area contributed by atoms with Crippen molar-refractivity contribution in [2.75, 3.05) is 40.1 Å². The Hall–Kier alpha value is 0.194. The zero-order chi connectivity index (χ0) is 15.0. The van der Waals surface area contributed by atoms with E-state index in [1.54, 1.807) is 7.11 Å². The molecule has 0 radical (unpaired) electrons. The van der Waals surface area contributed by atoms with Gasteiger partial charge >= 0.3 is 19.1 Å². The lowest BCUT2D eigenvalue weighted by atomic mass is 10.9. The van der Waals surface area contributed by atoms with E-state index in [0.717, 1.165) is 6.61 Å². The minimum Gasteiger partial charge on any atom is -0.402 e. The molecule has 0 rings (SSSR count). The monoisotopic (exact) mass is 314 g/mol. The molecule has 8 heteroatoms. The van der Waals surface area contributed by atoms with E-state index < -0.39 is 19.1 Å². The van der Waals surface area contributed by atoms with Gasteiger partial charge in [-0.25, -0.2) is 0 Å². The summed E-state index contributed by atoms with van der Waals surface area (Å²) >= 11 is 0. The molecule has 0 aliphatic carbocycles. The minimum absolute atomic E-state index is 0.548. The van der Waals surface area contributed by atoms with Gasteiger partial charge in [0.1, 0.15) is 0 Å². The van der Waals surface area contributed by atoms with Gasteiger partial charge in [0.2, 0.25) is 0 Å². The summed E-state index contributed by atoms with van der Waals surface area (Å²) in [6, 6.07) is 0. The maximum Gasteiger partial charge on any atom is 0.679 e. The van der Waals surface area contributed by atoms with Crippen molar-refractivity contribution in [3.05, 3.63) is 0 Å². The van der Waals surface area contributed by atoms with Crippen LogP contribution < -0.4 is 0 Å². The molecule has 0 spiro atoms. The summed E-state index contributed by atoms with van der Waals surface area (Å²) < 4.78 is 31.3. The second-order valence-electron chi connectivity index (χ2n) is 3.13. The molecule has 0 saturated carbocycles. The molecule has 0 fully saturated rings. The summed E-state index contributed by atoms with van der Waals surface area (Å²) in [5.41, 5.74) is 0. The fraction of sp³-hybridized carbons (Fsp3) is 1.00. The minimum atomic E-state index is -2.80. The molecule has 0 aromatic rings. The second-order valence-corrected chi connectivity index (χ2v) is 6.51. The Labute approximate surface area is 121 Å². The van der Waals surface area contributed by atoms with Crippen LogP contribution in [0.5, 0.6) is 0 Å². The molecule has 0 amide bonds. The Morgan fingerprint density at radius 3 is 1.21 bits per heavy atom. The highest BCUT2D eigenvalue weighted by molar-refractivity contribution is 6.53. The lowest BCUT2D eigenvalue weighted by Gasteiger charge is -2.26. The maximum absolute atomic E-state index is 5.42. The topological polar surface area (TPSA) is 55.4 Å². The third kappa shape index (κ3) is 13.0. The van der Waals surface area contributed by atoms with E-state index in [9.17, 15) is 0 Å².